The molecule has 0 radical (unpaired) electrons. The van der Waals surface area contributed by atoms with E-state index in [-0.39, 0.29) is 22.5 Å². The Labute approximate surface area is 115 Å². The van der Waals surface area contributed by atoms with Crippen molar-refractivity contribution in [1.29, 1.82) is 0 Å². The third-order valence-electron chi connectivity index (χ3n) is 2.62. The molecule has 1 aromatic carbocycles. The van der Waals surface area contributed by atoms with Gasteiger partial charge in [-0.05, 0) is 11.6 Å². The first-order valence-corrected chi connectivity index (χ1v) is 6.27. The molecule has 0 aliphatic carbocycles. The second-order valence-corrected chi connectivity index (χ2v) is 4.54. The number of alkyl halides is 1. The summed E-state index contributed by atoms with van der Waals surface area (Å²) in [5.74, 6) is -0.348. The van der Waals surface area contributed by atoms with Crippen LogP contribution in [0.2, 0.25) is 0 Å². The lowest BCUT2D eigenvalue weighted by Gasteiger charge is -2.11. The first-order chi connectivity index (χ1) is 9.16. The van der Waals surface area contributed by atoms with Gasteiger partial charge in [-0.1, -0.05) is 36.4 Å². The van der Waals surface area contributed by atoms with Crippen LogP contribution in [0.1, 0.15) is 21.4 Å². The minimum Gasteiger partial charge on any atom is -0.349 e. The highest BCUT2D eigenvalue weighted by atomic mass is 35.5. The first kappa shape index (κ1) is 13.4. The van der Waals surface area contributed by atoms with Gasteiger partial charge in [-0.2, -0.15) is 0 Å². The van der Waals surface area contributed by atoms with E-state index in [4.69, 9.17) is 11.6 Å². The van der Waals surface area contributed by atoms with Crippen LogP contribution in [0.25, 0.3) is 0 Å². The summed E-state index contributed by atoms with van der Waals surface area (Å²) in [6.45, 7) is 0.293. The molecule has 0 saturated heterocycles. The van der Waals surface area contributed by atoms with E-state index >= 15 is 0 Å². The predicted octanol–water partition coefficient (Wildman–Crippen LogP) is 2.08. The summed E-state index contributed by atoms with van der Waals surface area (Å²) in [4.78, 5) is 25.3. The molecule has 2 rings (SSSR count). The zero-order valence-corrected chi connectivity index (χ0v) is 10.9. The zero-order valence-electron chi connectivity index (χ0n) is 10.1. The fourth-order valence-corrected chi connectivity index (χ4v) is 1.86. The molecule has 2 N–H and O–H groups in total. The van der Waals surface area contributed by atoms with E-state index in [0.717, 1.165) is 5.56 Å². The van der Waals surface area contributed by atoms with Crippen molar-refractivity contribution in [3.63, 3.8) is 0 Å². The van der Waals surface area contributed by atoms with Crippen LogP contribution in [0, 0.1) is 0 Å². The molecular formula is C14H13ClN2O2. The Morgan fingerprint density at radius 3 is 2.58 bits per heavy atom. The summed E-state index contributed by atoms with van der Waals surface area (Å²) < 4.78 is 0. The van der Waals surface area contributed by atoms with Gasteiger partial charge >= 0.3 is 0 Å². The number of hydrogen-bond acceptors (Lipinski definition) is 2. The van der Waals surface area contributed by atoms with Gasteiger partial charge in [-0.25, -0.2) is 0 Å². The average Bonchev–Trinajstić information content (AvgIpc) is 2.45. The van der Waals surface area contributed by atoms with E-state index < -0.39 is 0 Å². The molecule has 1 heterocycles. The normalized spacial score (nSPS) is 11.8. The van der Waals surface area contributed by atoms with Gasteiger partial charge in [0.05, 0.1) is 5.38 Å². The fourth-order valence-electron chi connectivity index (χ4n) is 1.64. The number of pyridine rings is 1. The third kappa shape index (κ3) is 3.69. The number of halogens is 1. The molecule has 0 fully saturated rings. The highest BCUT2D eigenvalue weighted by Gasteiger charge is 2.11. The molecule has 98 valence electrons. The lowest BCUT2D eigenvalue weighted by Crippen LogP contribution is -2.28. The number of rotatable bonds is 4. The maximum atomic E-state index is 11.8. The highest BCUT2D eigenvalue weighted by molar-refractivity contribution is 6.21. The topological polar surface area (TPSA) is 62.0 Å². The molecule has 0 aliphatic rings. The second-order valence-electron chi connectivity index (χ2n) is 4.02. The summed E-state index contributed by atoms with van der Waals surface area (Å²) >= 11 is 6.18. The number of amides is 1. The summed E-state index contributed by atoms with van der Waals surface area (Å²) in [6.07, 6.45) is 0. The molecule has 19 heavy (non-hydrogen) atoms. The highest BCUT2D eigenvalue weighted by Crippen LogP contribution is 2.18. The largest absolute Gasteiger partial charge is 0.349 e. The van der Waals surface area contributed by atoms with Crippen LogP contribution in [0.4, 0.5) is 0 Å². The summed E-state index contributed by atoms with van der Waals surface area (Å²) in [5.41, 5.74) is 0.855. The van der Waals surface area contributed by atoms with Gasteiger partial charge in [-0.3, -0.25) is 9.59 Å². The SMILES string of the molecule is O=C(NCC(Cl)c1ccccc1)c1cccc(=O)[nH]1. The van der Waals surface area contributed by atoms with E-state index in [2.05, 4.69) is 10.3 Å². The number of hydrogen-bond donors (Lipinski definition) is 2. The van der Waals surface area contributed by atoms with Crippen molar-refractivity contribution in [2.45, 2.75) is 5.38 Å². The molecule has 0 spiro atoms. The van der Waals surface area contributed by atoms with E-state index in [9.17, 15) is 9.59 Å². The first-order valence-electron chi connectivity index (χ1n) is 5.83. The molecule has 0 saturated carbocycles. The van der Waals surface area contributed by atoms with Crippen LogP contribution in [-0.4, -0.2) is 17.4 Å². The number of aromatic amines is 1. The van der Waals surface area contributed by atoms with Crippen molar-refractivity contribution < 1.29 is 4.79 Å². The molecule has 1 amide bonds. The van der Waals surface area contributed by atoms with Gasteiger partial charge in [0.25, 0.3) is 5.91 Å². The Bertz CT molecular complexity index is 610. The minimum atomic E-state index is -0.348. The molecule has 1 aromatic heterocycles. The molecule has 1 unspecified atom stereocenters. The molecule has 5 heteroatoms. The number of nitrogens with one attached hydrogen (secondary N) is 2. The number of H-pyrrole nitrogens is 1. The van der Waals surface area contributed by atoms with Crippen LogP contribution in [0.3, 0.4) is 0 Å². The quantitative estimate of drug-likeness (QED) is 0.840. The predicted molar refractivity (Wildman–Crippen MR) is 74.4 cm³/mol. The second kappa shape index (κ2) is 6.20. The minimum absolute atomic E-state index is 0.226. The molecule has 2 aromatic rings. The summed E-state index contributed by atoms with van der Waals surface area (Å²) in [7, 11) is 0. The maximum absolute atomic E-state index is 11.8. The molecule has 4 nitrogen and oxygen atoms in total. The molecular weight excluding hydrogens is 264 g/mol. The van der Waals surface area contributed by atoms with Crippen molar-refractivity contribution in [2.24, 2.45) is 0 Å². The molecule has 0 aliphatic heterocycles. The Morgan fingerprint density at radius 2 is 1.89 bits per heavy atom. The molecule has 0 bridgehead atoms. The van der Waals surface area contributed by atoms with Crippen molar-refractivity contribution in [3.8, 4) is 0 Å². The third-order valence-corrected chi connectivity index (χ3v) is 3.02. The van der Waals surface area contributed by atoms with Crippen LogP contribution < -0.4 is 10.9 Å². The average molecular weight is 277 g/mol. The van der Waals surface area contributed by atoms with E-state index in [1.54, 1.807) is 6.07 Å². The van der Waals surface area contributed by atoms with Crippen molar-refractivity contribution >= 4 is 17.5 Å². The van der Waals surface area contributed by atoms with Crippen molar-refractivity contribution in [2.75, 3.05) is 6.54 Å². The van der Waals surface area contributed by atoms with Gasteiger partial charge in [-0.15, -0.1) is 11.6 Å². The van der Waals surface area contributed by atoms with Crippen LogP contribution in [0.5, 0.6) is 0 Å². The van der Waals surface area contributed by atoms with Gasteiger partial charge in [0.2, 0.25) is 5.56 Å². The van der Waals surface area contributed by atoms with Gasteiger partial charge in [0, 0.05) is 12.6 Å². The Hall–Kier alpha value is -2.07. The van der Waals surface area contributed by atoms with Crippen molar-refractivity contribution in [1.82, 2.24) is 10.3 Å². The summed E-state index contributed by atoms with van der Waals surface area (Å²) in [5, 5.41) is 2.38. The van der Waals surface area contributed by atoms with Gasteiger partial charge < -0.3 is 10.3 Å². The van der Waals surface area contributed by atoms with Crippen molar-refractivity contribution in [3.05, 3.63) is 70.1 Å². The smallest absolute Gasteiger partial charge is 0.267 e. The number of aromatic nitrogens is 1. The standard InChI is InChI=1S/C14H13ClN2O2/c15-11(10-5-2-1-3-6-10)9-16-14(19)12-7-4-8-13(18)17-12/h1-8,11H,9H2,(H,16,19)(H,17,18). The van der Waals surface area contributed by atoms with Gasteiger partial charge in [0.1, 0.15) is 5.69 Å². The number of carbonyl (C=O) groups excluding carboxylic acids is 1. The Morgan fingerprint density at radius 1 is 1.16 bits per heavy atom. The lowest BCUT2D eigenvalue weighted by atomic mass is 10.1. The number of carbonyl (C=O) groups is 1. The molecule has 1 atom stereocenters. The number of benzene rings is 1. The monoisotopic (exact) mass is 276 g/mol. The maximum Gasteiger partial charge on any atom is 0.267 e. The van der Waals surface area contributed by atoms with Crippen LogP contribution in [-0.2, 0) is 0 Å². The Balaban J connectivity index is 1.96. The lowest BCUT2D eigenvalue weighted by molar-refractivity contribution is 0.0948. The van der Waals surface area contributed by atoms with E-state index in [1.807, 2.05) is 30.3 Å². The Kier molecular flexibility index (Phi) is 4.36. The van der Waals surface area contributed by atoms with Gasteiger partial charge in [0.15, 0.2) is 0 Å². The summed E-state index contributed by atoms with van der Waals surface area (Å²) in [6, 6.07) is 13.9. The fraction of sp³-hybridized carbons (Fsp3) is 0.143. The van der Waals surface area contributed by atoms with Crippen LogP contribution >= 0.6 is 11.6 Å². The zero-order chi connectivity index (χ0) is 13.7. The van der Waals surface area contributed by atoms with Crippen LogP contribution in [0.15, 0.2) is 53.3 Å². The van der Waals surface area contributed by atoms with E-state index in [1.165, 1.54) is 12.1 Å². The van der Waals surface area contributed by atoms with E-state index in [0.29, 0.717) is 6.54 Å².